The van der Waals surface area contributed by atoms with Crippen LogP contribution in [-0.2, 0) is 0 Å². The van der Waals surface area contributed by atoms with E-state index in [1.165, 1.54) is 11.3 Å². The Kier molecular flexibility index (Phi) is 1.14. The summed E-state index contributed by atoms with van der Waals surface area (Å²) in [6.07, 6.45) is 0. The smallest absolute Gasteiger partial charge is 0.196 e. The Bertz CT molecular complexity index is 221. The quantitative estimate of drug-likeness (QED) is 0.552. The number of nitrogens with zero attached hydrogens (tertiary/aromatic N) is 2. The molecule has 3 nitrogen and oxygen atoms in total. The zero-order chi connectivity index (χ0) is 5.98. The molecule has 0 atom stereocenters. The first-order chi connectivity index (χ1) is 3.83. The molecule has 0 bridgehead atoms. The van der Waals surface area contributed by atoms with Gasteiger partial charge in [0.05, 0.1) is 0 Å². The van der Waals surface area contributed by atoms with Gasteiger partial charge in [-0.05, 0) is 0 Å². The minimum absolute atomic E-state index is 0.419. The molecule has 0 aliphatic heterocycles. The molecule has 8 heavy (non-hydrogen) atoms. The zero-order valence-corrected chi connectivity index (χ0v) is 4.77. The highest BCUT2D eigenvalue weighted by molar-refractivity contribution is 7.10. The van der Waals surface area contributed by atoms with Gasteiger partial charge in [-0.2, -0.15) is 5.26 Å². The first kappa shape index (κ1) is 5.06. The summed E-state index contributed by atoms with van der Waals surface area (Å²) in [6, 6.07) is 1.88. The Morgan fingerprint density at radius 2 is 2.62 bits per heavy atom. The number of rotatable bonds is 0. The van der Waals surface area contributed by atoms with Crippen molar-refractivity contribution in [1.82, 2.24) is 4.98 Å². The van der Waals surface area contributed by atoms with E-state index in [0.29, 0.717) is 10.8 Å². The normalized spacial score (nSPS) is 8.38. The summed E-state index contributed by atoms with van der Waals surface area (Å²) in [6.45, 7) is 0. The van der Waals surface area contributed by atoms with Gasteiger partial charge in [0.1, 0.15) is 11.9 Å². The summed E-state index contributed by atoms with van der Waals surface area (Å²) in [5, 5.41) is 10.2. The number of thiazole rings is 1. The van der Waals surface area contributed by atoms with Crippen LogP contribution in [0.1, 0.15) is 5.01 Å². The molecule has 0 spiro atoms. The van der Waals surface area contributed by atoms with Gasteiger partial charge in [0.25, 0.3) is 0 Å². The first-order valence-corrected chi connectivity index (χ1v) is 2.82. The molecule has 0 saturated carbocycles. The average molecular weight is 125 g/mol. The minimum Gasteiger partial charge on any atom is -0.383 e. The van der Waals surface area contributed by atoms with Crippen molar-refractivity contribution >= 4 is 17.2 Å². The molecule has 1 heterocycles. The Balaban J connectivity index is 3.05. The lowest BCUT2D eigenvalue weighted by molar-refractivity contribution is 1.36. The third kappa shape index (κ3) is 0.768. The standard InChI is InChI=1S/C4H3N3S/c5-1-4-7-3(6)2-8-4/h2H,6H2. The second-order valence-electron chi connectivity index (χ2n) is 1.19. The second-order valence-corrected chi connectivity index (χ2v) is 2.05. The largest absolute Gasteiger partial charge is 0.383 e. The monoisotopic (exact) mass is 125 g/mol. The fourth-order valence-corrected chi connectivity index (χ4v) is 0.833. The second kappa shape index (κ2) is 1.80. The molecule has 0 amide bonds. The van der Waals surface area contributed by atoms with Crippen LogP contribution in [0.15, 0.2) is 5.38 Å². The predicted molar refractivity (Wildman–Crippen MR) is 31.2 cm³/mol. The van der Waals surface area contributed by atoms with Gasteiger partial charge in [-0.1, -0.05) is 0 Å². The molecule has 0 radical (unpaired) electrons. The predicted octanol–water partition coefficient (Wildman–Crippen LogP) is 0.597. The molecular formula is C4H3N3S. The van der Waals surface area contributed by atoms with E-state index >= 15 is 0 Å². The lowest BCUT2D eigenvalue weighted by Gasteiger charge is -1.70. The van der Waals surface area contributed by atoms with E-state index < -0.39 is 0 Å². The van der Waals surface area contributed by atoms with Crippen LogP contribution in [0.5, 0.6) is 0 Å². The Morgan fingerprint density at radius 1 is 1.88 bits per heavy atom. The SMILES string of the molecule is N#Cc1nc(N)cs1. The van der Waals surface area contributed by atoms with Gasteiger partial charge in [0.2, 0.25) is 0 Å². The van der Waals surface area contributed by atoms with Gasteiger partial charge >= 0.3 is 0 Å². The Hall–Kier alpha value is -1.08. The summed E-state index contributed by atoms with van der Waals surface area (Å²) in [7, 11) is 0. The van der Waals surface area contributed by atoms with E-state index in [1.807, 2.05) is 6.07 Å². The van der Waals surface area contributed by atoms with Crippen molar-refractivity contribution in [1.29, 1.82) is 5.26 Å². The van der Waals surface area contributed by atoms with Crippen molar-refractivity contribution in [3.8, 4) is 6.07 Å². The van der Waals surface area contributed by atoms with Gasteiger partial charge < -0.3 is 5.73 Å². The average Bonchev–Trinajstić information content (AvgIpc) is 2.14. The van der Waals surface area contributed by atoms with Crippen LogP contribution in [0.3, 0.4) is 0 Å². The van der Waals surface area contributed by atoms with Crippen LogP contribution in [0.2, 0.25) is 0 Å². The molecule has 2 N–H and O–H groups in total. The van der Waals surface area contributed by atoms with Gasteiger partial charge in [-0.15, -0.1) is 11.3 Å². The van der Waals surface area contributed by atoms with Gasteiger partial charge in [0, 0.05) is 5.38 Å². The number of aromatic nitrogens is 1. The van der Waals surface area contributed by atoms with Crippen molar-refractivity contribution in [3.05, 3.63) is 10.4 Å². The van der Waals surface area contributed by atoms with E-state index in [2.05, 4.69) is 4.98 Å². The fourth-order valence-electron chi connectivity index (χ4n) is 0.337. The third-order valence-corrected chi connectivity index (χ3v) is 1.38. The molecule has 0 aliphatic rings. The Morgan fingerprint density at radius 3 is 2.88 bits per heavy atom. The highest BCUT2D eigenvalue weighted by atomic mass is 32.1. The van der Waals surface area contributed by atoms with Gasteiger partial charge in [0.15, 0.2) is 5.01 Å². The number of nitrogens with two attached hydrogens (primary N) is 1. The lowest BCUT2D eigenvalue weighted by atomic mass is 10.7. The topological polar surface area (TPSA) is 62.7 Å². The number of nitriles is 1. The molecule has 0 saturated heterocycles. The maximum Gasteiger partial charge on any atom is 0.196 e. The lowest BCUT2D eigenvalue weighted by Crippen LogP contribution is -1.82. The molecule has 0 aliphatic carbocycles. The highest BCUT2D eigenvalue weighted by Gasteiger charge is 1.92. The van der Waals surface area contributed by atoms with E-state index in [1.54, 1.807) is 5.38 Å². The number of nitrogen functional groups attached to an aromatic ring is 1. The molecule has 0 fully saturated rings. The summed E-state index contributed by atoms with van der Waals surface area (Å²) >= 11 is 1.25. The number of hydrogen-bond acceptors (Lipinski definition) is 4. The molecule has 0 unspecified atom stereocenters. The highest BCUT2D eigenvalue weighted by Crippen LogP contribution is 2.07. The number of anilines is 1. The summed E-state index contributed by atoms with van der Waals surface area (Å²) in [5.41, 5.74) is 5.20. The summed E-state index contributed by atoms with van der Waals surface area (Å²) < 4.78 is 0. The van der Waals surface area contributed by atoms with Crippen molar-refractivity contribution < 1.29 is 0 Å². The van der Waals surface area contributed by atoms with E-state index in [-0.39, 0.29) is 0 Å². The minimum atomic E-state index is 0.419. The van der Waals surface area contributed by atoms with Crippen LogP contribution < -0.4 is 5.73 Å². The first-order valence-electron chi connectivity index (χ1n) is 1.94. The fraction of sp³-hybridized carbons (Fsp3) is 0. The maximum absolute atomic E-state index is 8.19. The molecular weight excluding hydrogens is 122 g/mol. The van der Waals surface area contributed by atoms with E-state index in [4.69, 9.17) is 11.0 Å². The van der Waals surface area contributed by atoms with Crippen molar-refractivity contribution in [2.45, 2.75) is 0 Å². The van der Waals surface area contributed by atoms with Crippen LogP contribution in [-0.4, -0.2) is 4.98 Å². The molecule has 1 aromatic heterocycles. The zero-order valence-electron chi connectivity index (χ0n) is 3.96. The van der Waals surface area contributed by atoms with Crippen molar-refractivity contribution in [2.24, 2.45) is 0 Å². The van der Waals surface area contributed by atoms with E-state index in [0.717, 1.165) is 0 Å². The molecule has 0 aromatic carbocycles. The van der Waals surface area contributed by atoms with Crippen molar-refractivity contribution in [2.75, 3.05) is 5.73 Å². The van der Waals surface area contributed by atoms with Crippen LogP contribution >= 0.6 is 11.3 Å². The van der Waals surface area contributed by atoms with Crippen LogP contribution in [0, 0.1) is 11.3 Å². The molecule has 1 rings (SSSR count). The molecule has 1 aromatic rings. The third-order valence-electron chi connectivity index (χ3n) is 0.618. The summed E-state index contributed by atoms with van der Waals surface area (Å²) in [4.78, 5) is 3.66. The Labute approximate surface area is 50.4 Å². The van der Waals surface area contributed by atoms with Gasteiger partial charge in [-0.25, -0.2) is 4.98 Å². The van der Waals surface area contributed by atoms with E-state index in [9.17, 15) is 0 Å². The molecule has 4 heteroatoms. The van der Waals surface area contributed by atoms with Crippen LogP contribution in [0.4, 0.5) is 5.82 Å². The summed E-state index contributed by atoms with van der Waals surface area (Å²) in [5.74, 6) is 0.423. The molecule has 40 valence electrons. The maximum atomic E-state index is 8.19. The van der Waals surface area contributed by atoms with Gasteiger partial charge in [-0.3, -0.25) is 0 Å². The van der Waals surface area contributed by atoms with Crippen molar-refractivity contribution in [3.63, 3.8) is 0 Å². The van der Waals surface area contributed by atoms with Crippen LogP contribution in [0.25, 0.3) is 0 Å². The number of hydrogen-bond donors (Lipinski definition) is 1.